The number of morpholine rings is 1. The number of Topliss-reactive ketones (excluding diaryl/α,β-unsaturated/α-hetero) is 1. The van der Waals surface area contributed by atoms with Gasteiger partial charge in [-0.15, -0.1) is 0 Å². The number of amides is 1. The fourth-order valence-corrected chi connectivity index (χ4v) is 4.93. The molecule has 4 rings (SSSR count). The van der Waals surface area contributed by atoms with Crippen molar-refractivity contribution < 1.29 is 43.1 Å². The Balaban J connectivity index is 1.86. The predicted octanol–water partition coefficient (Wildman–Crippen LogP) is 2.48. The molecule has 0 aliphatic carbocycles. The lowest BCUT2D eigenvalue weighted by Crippen LogP contribution is -2.42. The van der Waals surface area contributed by atoms with Gasteiger partial charge in [0.2, 0.25) is 5.75 Å². The van der Waals surface area contributed by atoms with Crippen LogP contribution in [0.1, 0.15) is 17.2 Å². The molecule has 2 aliphatic rings. The monoisotopic (exact) mass is 542 g/mol. The average Bonchev–Trinajstić information content (AvgIpc) is 3.23. The van der Waals surface area contributed by atoms with Gasteiger partial charge in [0.05, 0.1) is 60.4 Å². The van der Waals surface area contributed by atoms with Crippen LogP contribution in [-0.4, -0.2) is 102 Å². The minimum Gasteiger partial charge on any atom is -0.507 e. The molecule has 1 atom stereocenters. The van der Waals surface area contributed by atoms with Crippen molar-refractivity contribution >= 4 is 17.4 Å². The zero-order chi connectivity index (χ0) is 28.1. The fraction of sp³-hybridized carbons (Fsp3) is 0.429. The van der Waals surface area contributed by atoms with Crippen LogP contribution in [-0.2, 0) is 14.3 Å². The molecule has 0 aromatic heterocycles. The molecule has 2 aromatic rings. The highest BCUT2D eigenvalue weighted by Crippen LogP contribution is 2.46. The van der Waals surface area contributed by atoms with E-state index in [4.69, 9.17) is 28.4 Å². The van der Waals surface area contributed by atoms with Gasteiger partial charge in [-0.1, -0.05) is 0 Å². The summed E-state index contributed by atoms with van der Waals surface area (Å²) in [5, 5.41) is 11.5. The maximum absolute atomic E-state index is 13.5. The van der Waals surface area contributed by atoms with Crippen molar-refractivity contribution in [3.8, 4) is 28.7 Å². The number of nitrogens with zero attached hydrogens (tertiary/aromatic N) is 2. The molecule has 2 heterocycles. The van der Waals surface area contributed by atoms with E-state index in [-0.39, 0.29) is 17.9 Å². The molecule has 2 saturated heterocycles. The molecule has 39 heavy (non-hydrogen) atoms. The lowest BCUT2D eigenvalue weighted by Gasteiger charge is -2.31. The van der Waals surface area contributed by atoms with Crippen molar-refractivity contribution in [2.45, 2.75) is 6.04 Å². The molecular weight excluding hydrogens is 508 g/mol. The van der Waals surface area contributed by atoms with Crippen molar-refractivity contribution in [2.24, 2.45) is 0 Å². The highest BCUT2D eigenvalue weighted by molar-refractivity contribution is 6.46. The van der Waals surface area contributed by atoms with Crippen molar-refractivity contribution in [2.75, 3.05) is 74.9 Å². The Morgan fingerprint density at radius 2 is 1.46 bits per heavy atom. The lowest BCUT2D eigenvalue weighted by atomic mass is 9.94. The van der Waals surface area contributed by atoms with Gasteiger partial charge >= 0.3 is 0 Å². The first-order chi connectivity index (χ1) is 18.9. The third-order valence-electron chi connectivity index (χ3n) is 6.96. The number of ether oxygens (including phenoxy) is 6. The molecule has 1 amide bonds. The number of hydrogen-bond acceptors (Lipinski definition) is 10. The number of likely N-dealkylation sites (tertiary alicyclic amines) is 1. The molecule has 210 valence electrons. The van der Waals surface area contributed by atoms with Crippen LogP contribution in [0.4, 0.5) is 0 Å². The topological polar surface area (TPSA) is 116 Å². The highest BCUT2D eigenvalue weighted by Gasteiger charge is 2.46. The summed E-state index contributed by atoms with van der Waals surface area (Å²) in [6, 6.07) is 7.23. The second kappa shape index (κ2) is 12.3. The van der Waals surface area contributed by atoms with Crippen molar-refractivity contribution in [1.29, 1.82) is 0 Å². The number of ketones is 1. The molecule has 11 nitrogen and oxygen atoms in total. The minimum atomic E-state index is -0.909. The average molecular weight is 543 g/mol. The van der Waals surface area contributed by atoms with Crippen LogP contribution in [0.25, 0.3) is 5.76 Å². The molecular formula is C28H34N2O9. The largest absolute Gasteiger partial charge is 0.507 e. The fourth-order valence-electron chi connectivity index (χ4n) is 4.93. The Morgan fingerprint density at radius 3 is 2.03 bits per heavy atom. The molecule has 11 heteroatoms. The number of rotatable bonds is 10. The van der Waals surface area contributed by atoms with Gasteiger partial charge in [-0.2, -0.15) is 0 Å². The maximum Gasteiger partial charge on any atom is 0.295 e. The molecule has 1 N–H and O–H groups in total. The third kappa shape index (κ3) is 5.45. The van der Waals surface area contributed by atoms with E-state index in [9.17, 15) is 14.7 Å². The maximum atomic E-state index is 13.5. The van der Waals surface area contributed by atoms with E-state index in [1.807, 2.05) is 0 Å². The number of aliphatic hydroxyl groups is 1. The second-order valence-corrected chi connectivity index (χ2v) is 8.97. The first kappa shape index (κ1) is 28.1. The Bertz CT molecular complexity index is 1230. The van der Waals surface area contributed by atoms with Crippen LogP contribution in [0.5, 0.6) is 28.7 Å². The number of carbonyl (C=O) groups is 2. The van der Waals surface area contributed by atoms with Gasteiger partial charge in [0.25, 0.3) is 11.7 Å². The van der Waals surface area contributed by atoms with Crippen LogP contribution in [0.15, 0.2) is 35.9 Å². The number of aliphatic hydroxyl groups excluding tert-OH is 1. The van der Waals surface area contributed by atoms with E-state index in [2.05, 4.69) is 4.90 Å². The molecule has 2 fully saturated rings. The van der Waals surface area contributed by atoms with Crippen molar-refractivity contribution in [1.82, 2.24) is 9.80 Å². The summed E-state index contributed by atoms with van der Waals surface area (Å²) in [5.74, 6) is 0.0879. The number of hydrogen-bond donors (Lipinski definition) is 1. The van der Waals surface area contributed by atoms with Gasteiger partial charge in [-0.25, -0.2) is 0 Å². The van der Waals surface area contributed by atoms with Gasteiger partial charge in [0, 0.05) is 31.7 Å². The van der Waals surface area contributed by atoms with Crippen LogP contribution >= 0.6 is 0 Å². The first-order valence-corrected chi connectivity index (χ1v) is 12.5. The Kier molecular flexibility index (Phi) is 8.82. The summed E-state index contributed by atoms with van der Waals surface area (Å²) in [6.07, 6.45) is 0. The zero-order valence-electron chi connectivity index (χ0n) is 22.8. The van der Waals surface area contributed by atoms with Crippen LogP contribution < -0.4 is 23.7 Å². The van der Waals surface area contributed by atoms with Crippen molar-refractivity contribution in [3.05, 3.63) is 47.0 Å². The van der Waals surface area contributed by atoms with Gasteiger partial charge < -0.3 is 38.4 Å². The summed E-state index contributed by atoms with van der Waals surface area (Å²) in [5.41, 5.74) is 0.771. The normalized spacial score (nSPS) is 19.2. The first-order valence-electron chi connectivity index (χ1n) is 12.5. The molecule has 2 aliphatic heterocycles. The molecule has 0 radical (unpaired) electrons. The van der Waals surface area contributed by atoms with Gasteiger partial charge in [0.1, 0.15) is 5.76 Å². The molecule has 2 aromatic carbocycles. The summed E-state index contributed by atoms with van der Waals surface area (Å²) >= 11 is 0. The molecule has 0 unspecified atom stereocenters. The Hall–Kier alpha value is -3.96. The van der Waals surface area contributed by atoms with E-state index in [1.54, 1.807) is 30.3 Å². The van der Waals surface area contributed by atoms with E-state index in [0.717, 1.165) is 13.1 Å². The molecule has 0 spiro atoms. The van der Waals surface area contributed by atoms with Gasteiger partial charge in [0.15, 0.2) is 23.0 Å². The highest BCUT2D eigenvalue weighted by atomic mass is 16.5. The Morgan fingerprint density at radius 1 is 0.846 bits per heavy atom. The van der Waals surface area contributed by atoms with Crippen LogP contribution in [0, 0.1) is 0 Å². The SMILES string of the molecule is COc1ccc(C(O)=C2C(=O)C(=O)N(CCN3CCOCC3)[C@H]2c2cc(OC)c(OC)c(OC)c2)cc1OC. The summed E-state index contributed by atoms with van der Waals surface area (Å²) < 4.78 is 32.6. The summed E-state index contributed by atoms with van der Waals surface area (Å²) in [7, 11) is 7.44. The molecule has 0 bridgehead atoms. The molecule has 0 saturated carbocycles. The number of carbonyl (C=O) groups excluding carboxylic acids is 2. The zero-order valence-corrected chi connectivity index (χ0v) is 22.8. The van der Waals surface area contributed by atoms with Crippen LogP contribution in [0.2, 0.25) is 0 Å². The third-order valence-corrected chi connectivity index (χ3v) is 6.96. The minimum absolute atomic E-state index is 0.0523. The Labute approximate surface area is 227 Å². The van der Waals surface area contributed by atoms with E-state index in [0.29, 0.717) is 59.6 Å². The van der Waals surface area contributed by atoms with Gasteiger partial charge in [-0.05, 0) is 35.9 Å². The van der Waals surface area contributed by atoms with E-state index < -0.39 is 17.7 Å². The van der Waals surface area contributed by atoms with Crippen LogP contribution in [0.3, 0.4) is 0 Å². The summed E-state index contributed by atoms with van der Waals surface area (Å²) in [4.78, 5) is 30.6. The number of methoxy groups -OCH3 is 5. The quantitative estimate of drug-likeness (QED) is 0.273. The summed E-state index contributed by atoms with van der Waals surface area (Å²) in [6.45, 7) is 3.46. The smallest absolute Gasteiger partial charge is 0.295 e. The van der Waals surface area contributed by atoms with E-state index in [1.165, 1.54) is 40.4 Å². The number of benzene rings is 2. The lowest BCUT2D eigenvalue weighted by molar-refractivity contribution is -0.140. The van der Waals surface area contributed by atoms with Crippen molar-refractivity contribution in [3.63, 3.8) is 0 Å². The predicted molar refractivity (Wildman–Crippen MR) is 142 cm³/mol. The van der Waals surface area contributed by atoms with Gasteiger partial charge in [-0.3, -0.25) is 14.5 Å². The van der Waals surface area contributed by atoms with E-state index >= 15 is 0 Å². The standard InChI is InChI=1S/C28H34N2O9/c1-34-19-7-6-17(14-20(19)35-2)25(31)23-24(18-15-21(36-3)27(38-5)22(16-18)37-4)30(28(33)26(23)32)9-8-29-10-12-39-13-11-29/h6-7,14-16,24,31H,8-13H2,1-5H3/t24-/m0/s1. The second-order valence-electron chi connectivity index (χ2n) is 8.97.